The van der Waals surface area contributed by atoms with E-state index in [1.165, 1.54) is 44.5 Å². The fourth-order valence-corrected chi connectivity index (χ4v) is 3.55. The number of rotatable bonds is 4. The van der Waals surface area contributed by atoms with Crippen molar-refractivity contribution in [3.63, 3.8) is 0 Å². The van der Waals surface area contributed by atoms with Gasteiger partial charge < -0.3 is 0 Å². The molecule has 0 nitrogen and oxygen atoms in total. The van der Waals surface area contributed by atoms with Crippen molar-refractivity contribution in [1.29, 1.82) is 0 Å². The van der Waals surface area contributed by atoms with Gasteiger partial charge in [0.2, 0.25) is 0 Å². The maximum absolute atomic E-state index is 2.35. The molecule has 0 fully saturated rings. The summed E-state index contributed by atoms with van der Waals surface area (Å²) in [6, 6.07) is 22.6. The molecule has 0 atom stereocenters. The van der Waals surface area contributed by atoms with Gasteiger partial charge in [-0.05, 0) is 57.3 Å². The molecule has 114 valence electrons. The normalized spacial score (nSPS) is 13.0. The molecule has 0 saturated carbocycles. The maximum atomic E-state index is 2.35. The van der Waals surface area contributed by atoms with Crippen LogP contribution in [0.3, 0.4) is 0 Å². The summed E-state index contributed by atoms with van der Waals surface area (Å²) >= 11 is 0. The molecule has 0 heteroatoms. The van der Waals surface area contributed by atoms with Crippen molar-refractivity contribution in [2.24, 2.45) is 0 Å². The number of hydrogen-bond acceptors (Lipinski definition) is 0. The van der Waals surface area contributed by atoms with E-state index in [0.29, 0.717) is 0 Å². The van der Waals surface area contributed by atoms with Crippen LogP contribution < -0.4 is 0 Å². The van der Waals surface area contributed by atoms with E-state index in [1.54, 1.807) is 0 Å². The molecule has 2 aliphatic carbocycles. The van der Waals surface area contributed by atoms with Crippen molar-refractivity contribution < 1.29 is 0 Å². The number of benzene rings is 3. The molecule has 0 amide bonds. The molecule has 2 aliphatic rings. The van der Waals surface area contributed by atoms with Crippen LogP contribution in [0.15, 0.2) is 60.7 Å². The van der Waals surface area contributed by atoms with Crippen LogP contribution in [0.25, 0.3) is 24.3 Å². The van der Waals surface area contributed by atoms with Crippen LogP contribution in [0.1, 0.15) is 44.5 Å². The van der Waals surface area contributed by atoms with Gasteiger partial charge in [0.25, 0.3) is 0 Å². The molecule has 0 spiro atoms. The Hall–Kier alpha value is -2.86. The highest BCUT2D eigenvalue weighted by molar-refractivity contribution is 5.86. The van der Waals surface area contributed by atoms with Crippen LogP contribution in [0.2, 0.25) is 0 Å². The highest BCUT2D eigenvalue weighted by Crippen LogP contribution is 2.27. The monoisotopic (exact) mass is 306 g/mol. The molecule has 24 heavy (non-hydrogen) atoms. The molecule has 0 heterocycles. The minimum Gasteiger partial charge on any atom is -0.0617 e. The third-order valence-electron chi connectivity index (χ3n) is 5.00. The predicted octanol–water partition coefficient (Wildman–Crippen LogP) is 5.84. The summed E-state index contributed by atoms with van der Waals surface area (Å²) < 4.78 is 0. The molecule has 3 aromatic carbocycles. The highest BCUT2D eigenvalue weighted by Gasteiger charge is 2.08. The Kier molecular flexibility index (Phi) is 3.02. The van der Waals surface area contributed by atoms with Crippen molar-refractivity contribution >= 4 is 24.3 Å². The van der Waals surface area contributed by atoms with Crippen LogP contribution in [-0.2, 0) is 12.8 Å². The van der Waals surface area contributed by atoms with Crippen molar-refractivity contribution in [3.8, 4) is 0 Å². The first kappa shape index (κ1) is 13.6. The minimum absolute atomic E-state index is 1.00. The molecule has 5 rings (SSSR count). The van der Waals surface area contributed by atoms with Gasteiger partial charge >= 0.3 is 0 Å². The second-order valence-electron chi connectivity index (χ2n) is 6.77. The smallest absolute Gasteiger partial charge is 0.00254 e. The van der Waals surface area contributed by atoms with E-state index in [1.807, 2.05) is 0 Å². The Bertz CT molecular complexity index is 924. The van der Waals surface area contributed by atoms with Crippen LogP contribution in [0.5, 0.6) is 0 Å². The zero-order valence-electron chi connectivity index (χ0n) is 13.5. The van der Waals surface area contributed by atoms with Gasteiger partial charge in [0, 0.05) is 0 Å². The lowest BCUT2D eigenvalue weighted by Crippen LogP contribution is -1.97. The fourth-order valence-electron chi connectivity index (χ4n) is 3.55. The van der Waals surface area contributed by atoms with Crippen LogP contribution in [0, 0.1) is 0 Å². The molecule has 0 saturated heterocycles. The Morgan fingerprint density at radius 2 is 0.875 bits per heavy atom. The van der Waals surface area contributed by atoms with Gasteiger partial charge in [-0.1, -0.05) is 85.0 Å². The first-order valence-corrected chi connectivity index (χ1v) is 8.53. The fraction of sp³-hybridized carbons (Fsp3) is 0.0833. The third kappa shape index (κ3) is 2.41. The first-order valence-electron chi connectivity index (χ1n) is 8.53. The lowest BCUT2D eigenvalue weighted by atomic mass is 9.91. The zero-order chi connectivity index (χ0) is 15.9. The lowest BCUT2D eigenvalue weighted by molar-refractivity contribution is 1.13. The minimum atomic E-state index is 1.00. The van der Waals surface area contributed by atoms with E-state index in [0.717, 1.165) is 12.8 Å². The first-order chi connectivity index (χ1) is 11.8. The van der Waals surface area contributed by atoms with Gasteiger partial charge in [-0.2, -0.15) is 0 Å². The van der Waals surface area contributed by atoms with Crippen molar-refractivity contribution in [1.82, 2.24) is 0 Å². The molecule has 0 unspecified atom stereocenters. The van der Waals surface area contributed by atoms with Gasteiger partial charge in [-0.25, -0.2) is 0 Å². The van der Waals surface area contributed by atoms with Crippen molar-refractivity contribution in [3.05, 3.63) is 105 Å². The summed E-state index contributed by atoms with van der Waals surface area (Å²) in [5.41, 5.74) is 11.0. The zero-order valence-corrected chi connectivity index (χ0v) is 13.5. The average molecular weight is 306 g/mol. The summed E-state index contributed by atoms with van der Waals surface area (Å²) in [5, 5.41) is 0. The van der Waals surface area contributed by atoms with Crippen molar-refractivity contribution in [2.75, 3.05) is 0 Å². The molecule has 3 aromatic rings. The van der Waals surface area contributed by atoms with E-state index in [9.17, 15) is 0 Å². The maximum Gasteiger partial charge on any atom is -0.00254 e. The summed E-state index contributed by atoms with van der Waals surface area (Å²) in [7, 11) is 0. The Balaban J connectivity index is 1.36. The van der Waals surface area contributed by atoms with Gasteiger partial charge in [-0.15, -0.1) is 0 Å². The lowest BCUT2D eigenvalue weighted by Gasteiger charge is -2.13. The topological polar surface area (TPSA) is 0 Å². The van der Waals surface area contributed by atoms with Gasteiger partial charge in [0.15, 0.2) is 0 Å². The predicted molar refractivity (Wildman–Crippen MR) is 103 cm³/mol. The Morgan fingerprint density at radius 3 is 1.29 bits per heavy atom. The number of fused-ring (bicyclic) bond motifs is 2. The highest BCUT2D eigenvalue weighted by atomic mass is 14.1. The molecular weight excluding hydrogens is 288 g/mol. The number of hydrogen-bond donors (Lipinski definition) is 0. The summed E-state index contributed by atoms with van der Waals surface area (Å²) in [4.78, 5) is 0. The second-order valence-corrected chi connectivity index (χ2v) is 6.77. The molecule has 0 bridgehead atoms. The Morgan fingerprint density at radius 1 is 0.417 bits per heavy atom. The Labute approximate surface area is 142 Å². The molecule has 0 radical (unpaired) electrons. The van der Waals surface area contributed by atoms with E-state index in [-0.39, 0.29) is 0 Å². The van der Waals surface area contributed by atoms with E-state index in [2.05, 4.69) is 85.0 Å². The molecular formula is C24H18. The van der Waals surface area contributed by atoms with Gasteiger partial charge in [-0.3, -0.25) is 0 Å². The summed E-state index contributed by atoms with van der Waals surface area (Å²) in [5.74, 6) is 0. The van der Waals surface area contributed by atoms with E-state index >= 15 is 0 Å². The van der Waals surface area contributed by atoms with Crippen LogP contribution >= 0.6 is 0 Å². The van der Waals surface area contributed by atoms with E-state index < -0.39 is 0 Å². The van der Waals surface area contributed by atoms with E-state index in [4.69, 9.17) is 0 Å². The molecule has 0 N–H and O–H groups in total. The standard InChI is InChI=1S/C24H18/c1-2-17(13-19-4-6-21-8-10-23(21)15-19)12-18(3-1)14-20-5-7-22-9-11-24(22)16-20/h1-12,15-16H,13-14H2. The second kappa shape index (κ2) is 5.35. The quantitative estimate of drug-likeness (QED) is 0.391. The van der Waals surface area contributed by atoms with Crippen LogP contribution in [0.4, 0.5) is 0 Å². The van der Waals surface area contributed by atoms with Gasteiger partial charge in [0.1, 0.15) is 0 Å². The summed E-state index contributed by atoms with van der Waals surface area (Å²) in [6.07, 6.45) is 10.7. The SMILES string of the molecule is C1=Cc2cc(Cc3cccc(Cc4ccc5c(c4)C=C5)c3)ccc21. The van der Waals surface area contributed by atoms with Gasteiger partial charge in [0.05, 0.1) is 0 Å². The third-order valence-corrected chi connectivity index (χ3v) is 5.00. The van der Waals surface area contributed by atoms with Crippen LogP contribution in [-0.4, -0.2) is 0 Å². The molecule has 0 aromatic heterocycles. The molecule has 0 aliphatic heterocycles. The van der Waals surface area contributed by atoms with Crippen molar-refractivity contribution in [2.45, 2.75) is 12.8 Å². The largest absolute Gasteiger partial charge is 0.0617 e. The average Bonchev–Trinajstić information content (AvgIpc) is 2.53. The summed E-state index contributed by atoms with van der Waals surface area (Å²) in [6.45, 7) is 0.